The Morgan fingerprint density at radius 1 is 1.10 bits per heavy atom. The molecule has 2 atom stereocenters. The Morgan fingerprint density at radius 3 is 1.80 bits per heavy atom. The van der Waals surface area contributed by atoms with Gasteiger partial charge in [-0.05, 0) is 12.8 Å². The lowest BCUT2D eigenvalue weighted by atomic mass is 9.92. The molecule has 0 saturated carbocycles. The lowest BCUT2D eigenvalue weighted by molar-refractivity contribution is -0.869. The zero-order chi connectivity index (χ0) is 7.56. The third kappa shape index (κ3) is 1.51. The molecule has 0 aliphatic carbocycles. The molecule has 0 amide bonds. The molecule has 1 saturated heterocycles. The fourth-order valence-electron chi connectivity index (χ4n) is 2.27. The number of rotatable bonds is 2. The minimum absolute atomic E-state index is 1.02. The van der Waals surface area contributed by atoms with Crippen LogP contribution in [-0.2, 0) is 0 Å². The van der Waals surface area contributed by atoms with Crippen LogP contribution in [0.4, 0.5) is 0 Å². The molecule has 0 aromatic carbocycles. The molecule has 1 N–H and O–H groups in total. The van der Waals surface area contributed by atoms with Crippen LogP contribution in [0.3, 0.4) is 0 Å². The molecule has 0 bridgehead atoms. The summed E-state index contributed by atoms with van der Waals surface area (Å²) in [7, 11) is 2.32. The Bertz CT molecular complexity index is 88.9. The Hall–Kier alpha value is -0.0400. The normalized spacial score (nSPS) is 40.5. The SMILES string of the molecule is CCC1C[NH+](C)CC1CC. The predicted molar refractivity (Wildman–Crippen MR) is 44.2 cm³/mol. The van der Waals surface area contributed by atoms with E-state index in [4.69, 9.17) is 0 Å². The van der Waals surface area contributed by atoms with E-state index >= 15 is 0 Å². The topological polar surface area (TPSA) is 4.44 Å². The van der Waals surface area contributed by atoms with Crippen LogP contribution in [0, 0.1) is 11.8 Å². The predicted octanol–water partition coefficient (Wildman–Crippen LogP) is 0.567. The molecule has 0 aromatic rings. The van der Waals surface area contributed by atoms with E-state index in [9.17, 15) is 0 Å². The molecule has 1 heteroatoms. The standard InChI is InChI=1S/C9H19N/c1-4-8-6-10(3)7-9(8)5-2/h8-9H,4-7H2,1-3H3/p+1. The molecular formula is C9H20N+. The summed E-state index contributed by atoms with van der Waals surface area (Å²) in [5.41, 5.74) is 0. The second kappa shape index (κ2) is 3.38. The molecule has 0 spiro atoms. The average Bonchev–Trinajstić information content (AvgIpc) is 2.30. The van der Waals surface area contributed by atoms with Gasteiger partial charge in [-0.25, -0.2) is 0 Å². The van der Waals surface area contributed by atoms with Crippen LogP contribution < -0.4 is 4.90 Å². The van der Waals surface area contributed by atoms with Crippen LogP contribution in [0.15, 0.2) is 0 Å². The van der Waals surface area contributed by atoms with Gasteiger partial charge in [0.05, 0.1) is 20.1 Å². The van der Waals surface area contributed by atoms with Crippen molar-refractivity contribution in [2.24, 2.45) is 11.8 Å². The highest BCUT2D eigenvalue weighted by molar-refractivity contribution is 4.70. The van der Waals surface area contributed by atoms with Crippen LogP contribution in [0.2, 0.25) is 0 Å². The molecular weight excluding hydrogens is 122 g/mol. The van der Waals surface area contributed by atoms with Crippen molar-refractivity contribution in [3.05, 3.63) is 0 Å². The van der Waals surface area contributed by atoms with E-state index in [1.165, 1.54) is 25.9 Å². The van der Waals surface area contributed by atoms with Crippen LogP contribution in [0.5, 0.6) is 0 Å². The molecule has 10 heavy (non-hydrogen) atoms. The summed E-state index contributed by atoms with van der Waals surface area (Å²) >= 11 is 0. The largest absolute Gasteiger partial charge is 0.337 e. The Morgan fingerprint density at radius 2 is 1.50 bits per heavy atom. The highest BCUT2D eigenvalue weighted by atomic mass is 15.1. The van der Waals surface area contributed by atoms with Crippen molar-refractivity contribution in [3.63, 3.8) is 0 Å². The quantitative estimate of drug-likeness (QED) is 0.575. The highest BCUT2D eigenvalue weighted by Gasteiger charge is 2.31. The summed E-state index contributed by atoms with van der Waals surface area (Å²) in [6.45, 7) is 7.47. The molecule has 1 fully saturated rings. The van der Waals surface area contributed by atoms with Crippen molar-refractivity contribution >= 4 is 0 Å². The molecule has 1 heterocycles. The lowest BCUT2D eigenvalue weighted by Crippen LogP contribution is -3.07. The summed E-state index contributed by atoms with van der Waals surface area (Å²) in [4.78, 5) is 1.73. The van der Waals surface area contributed by atoms with Gasteiger partial charge in [-0.2, -0.15) is 0 Å². The Kier molecular flexibility index (Phi) is 2.72. The van der Waals surface area contributed by atoms with Crippen molar-refractivity contribution in [1.82, 2.24) is 0 Å². The molecule has 60 valence electrons. The van der Waals surface area contributed by atoms with E-state index in [-0.39, 0.29) is 0 Å². The minimum Gasteiger partial charge on any atom is -0.337 e. The highest BCUT2D eigenvalue weighted by Crippen LogP contribution is 2.19. The van der Waals surface area contributed by atoms with Gasteiger partial charge in [0.1, 0.15) is 0 Å². The average molecular weight is 142 g/mol. The fourth-order valence-corrected chi connectivity index (χ4v) is 2.27. The number of hydrogen-bond donors (Lipinski definition) is 1. The van der Waals surface area contributed by atoms with Crippen molar-refractivity contribution in [1.29, 1.82) is 0 Å². The summed E-state index contributed by atoms with van der Waals surface area (Å²) in [5, 5.41) is 0. The van der Waals surface area contributed by atoms with Crippen molar-refractivity contribution in [2.75, 3.05) is 20.1 Å². The summed E-state index contributed by atoms with van der Waals surface area (Å²) in [6, 6.07) is 0. The van der Waals surface area contributed by atoms with Crippen LogP contribution in [0.1, 0.15) is 26.7 Å². The van der Waals surface area contributed by atoms with Gasteiger partial charge in [0.2, 0.25) is 0 Å². The maximum Gasteiger partial charge on any atom is 0.0802 e. The maximum absolute atomic E-state index is 2.33. The molecule has 1 rings (SSSR count). The van der Waals surface area contributed by atoms with E-state index in [0.29, 0.717) is 0 Å². The van der Waals surface area contributed by atoms with E-state index < -0.39 is 0 Å². The Balaban J connectivity index is 2.41. The number of quaternary nitrogens is 1. The first-order valence-corrected chi connectivity index (χ1v) is 4.59. The molecule has 1 aliphatic heterocycles. The lowest BCUT2D eigenvalue weighted by Gasteiger charge is -2.09. The van der Waals surface area contributed by atoms with Crippen molar-refractivity contribution in [2.45, 2.75) is 26.7 Å². The second-order valence-corrected chi connectivity index (χ2v) is 3.70. The number of likely N-dealkylation sites (tertiary alicyclic amines) is 1. The molecule has 0 aromatic heterocycles. The Labute approximate surface area is 64.4 Å². The van der Waals surface area contributed by atoms with E-state index in [1.807, 2.05) is 0 Å². The third-order valence-corrected chi connectivity index (χ3v) is 2.94. The van der Waals surface area contributed by atoms with Gasteiger partial charge in [-0.15, -0.1) is 0 Å². The third-order valence-electron chi connectivity index (χ3n) is 2.94. The monoisotopic (exact) mass is 142 g/mol. The first-order chi connectivity index (χ1) is 4.77. The van der Waals surface area contributed by atoms with Crippen LogP contribution in [-0.4, -0.2) is 20.1 Å². The van der Waals surface area contributed by atoms with Gasteiger partial charge < -0.3 is 4.90 Å². The molecule has 0 radical (unpaired) electrons. The van der Waals surface area contributed by atoms with E-state index in [2.05, 4.69) is 20.9 Å². The zero-order valence-electron chi connectivity index (χ0n) is 7.48. The summed E-state index contributed by atoms with van der Waals surface area (Å²) in [5.74, 6) is 2.04. The second-order valence-electron chi connectivity index (χ2n) is 3.70. The van der Waals surface area contributed by atoms with Crippen molar-refractivity contribution in [3.8, 4) is 0 Å². The summed E-state index contributed by atoms with van der Waals surface area (Å²) in [6.07, 6.45) is 2.77. The van der Waals surface area contributed by atoms with Gasteiger partial charge >= 0.3 is 0 Å². The van der Waals surface area contributed by atoms with Crippen molar-refractivity contribution < 1.29 is 4.90 Å². The minimum atomic E-state index is 1.02. The first kappa shape index (κ1) is 8.06. The molecule has 2 unspecified atom stereocenters. The van der Waals surface area contributed by atoms with E-state index in [0.717, 1.165) is 11.8 Å². The maximum atomic E-state index is 2.33. The van der Waals surface area contributed by atoms with Gasteiger partial charge in [0.15, 0.2) is 0 Å². The molecule has 1 aliphatic rings. The first-order valence-electron chi connectivity index (χ1n) is 4.59. The molecule has 1 nitrogen and oxygen atoms in total. The number of hydrogen-bond acceptors (Lipinski definition) is 0. The van der Waals surface area contributed by atoms with Crippen LogP contribution in [0.25, 0.3) is 0 Å². The van der Waals surface area contributed by atoms with E-state index in [1.54, 1.807) is 4.90 Å². The van der Waals surface area contributed by atoms with Gasteiger partial charge in [0.25, 0.3) is 0 Å². The smallest absolute Gasteiger partial charge is 0.0802 e. The van der Waals surface area contributed by atoms with Crippen LogP contribution >= 0.6 is 0 Å². The summed E-state index contributed by atoms with van der Waals surface area (Å²) < 4.78 is 0. The van der Waals surface area contributed by atoms with Gasteiger partial charge in [-0.1, -0.05) is 13.8 Å². The van der Waals surface area contributed by atoms with Gasteiger partial charge in [0, 0.05) is 11.8 Å². The zero-order valence-corrected chi connectivity index (χ0v) is 7.48. The fraction of sp³-hybridized carbons (Fsp3) is 1.00. The number of nitrogens with one attached hydrogen (secondary N) is 1. The van der Waals surface area contributed by atoms with Gasteiger partial charge in [-0.3, -0.25) is 0 Å².